The Labute approximate surface area is 134 Å². The predicted molar refractivity (Wildman–Crippen MR) is 82.5 cm³/mol. The van der Waals surface area contributed by atoms with Crippen LogP contribution in [0.1, 0.15) is 36.0 Å². The zero-order valence-corrected chi connectivity index (χ0v) is 12.9. The van der Waals surface area contributed by atoms with Crippen LogP contribution in [-0.4, -0.2) is 42.3 Å². The van der Waals surface area contributed by atoms with Gasteiger partial charge in [-0.05, 0) is 43.5 Å². The molecule has 1 aliphatic heterocycles. The lowest BCUT2D eigenvalue weighted by molar-refractivity contribution is -0.130. The van der Waals surface area contributed by atoms with E-state index in [1.165, 1.54) is 12.1 Å². The highest BCUT2D eigenvalue weighted by molar-refractivity contribution is 5.87. The first kappa shape index (κ1) is 15.8. The van der Waals surface area contributed by atoms with E-state index in [2.05, 4.69) is 5.32 Å². The largest absolute Gasteiger partial charge is 0.486 e. The molecule has 2 unspecified atom stereocenters. The molecular weight excluding hydrogens is 298 g/mol. The zero-order chi connectivity index (χ0) is 16.2. The van der Waals surface area contributed by atoms with Crippen LogP contribution in [0.5, 0.6) is 5.75 Å². The normalized spacial score (nSPS) is 24.5. The van der Waals surface area contributed by atoms with Crippen molar-refractivity contribution in [1.29, 1.82) is 0 Å². The molecule has 2 aliphatic rings. The fourth-order valence-electron chi connectivity index (χ4n) is 2.81. The van der Waals surface area contributed by atoms with Crippen LogP contribution in [-0.2, 0) is 9.53 Å². The number of rotatable bonds is 5. The summed E-state index contributed by atoms with van der Waals surface area (Å²) in [7, 11) is 0. The van der Waals surface area contributed by atoms with Gasteiger partial charge in [-0.15, -0.1) is 0 Å². The third-order valence-corrected chi connectivity index (χ3v) is 4.50. The van der Waals surface area contributed by atoms with E-state index in [1.807, 2.05) is 0 Å². The van der Waals surface area contributed by atoms with Gasteiger partial charge in [0.25, 0.3) is 0 Å². The smallest absolute Gasteiger partial charge is 0.335 e. The zero-order valence-electron chi connectivity index (χ0n) is 12.9. The molecule has 6 nitrogen and oxygen atoms in total. The van der Waals surface area contributed by atoms with E-state index in [9.17, 15) is 9.59 Å². The van der Waals surface area contributed by atoms with Gasteiger partial charge in [0.1, 0.15) is 11.9 Å². The van der Waals surface area contributed by atoms with Crippen molar-refractivity contribution in [2.45, 2.75) is 37.8 Å². The number of carboxylic acid groups (broad SMARTS) is 1. The summed E-state index contributed by atoms with van der Waals surface area (Å²) in [6, 6.07) is 6.19. The van der Waals surface area contributed by atoms with Crippen LogP contribution in [0.2, 0.25) is 0 Å². The maximum absolute atomic E-state index is 12.1. The molecule has 2 atom stereocenters. The number of benzene rings is 1. The average Bonchev–Trinajstić information content (AvgIpc) is 2.48. The van der Waals surface area contributed by atoms with Crippen LogP contribution in [0.4, 0.5) is 0 Å². The van der Waals surface area contributed by atoms with Gasteiger partial charge in [-0.25, -0.2) is 4.79 Å². The third kappa shape index (κ3) is 3.82. The van der Waals surface area contributed by atoms with Crippen LogP contribution in [0.25, 0.3) is 0 Å². The fourth-order valence-corrected chi connectivity index (χ4v) is 2.81. The molecule has 3 rings (SSSR count). The van der Waals surface area contributed by atoms with Crippen LogP contribution in [0.3, 0.4) is 0 Å². The van der Waals surface area contributed by atoms with Crippen molar-refractivity contribution in [1.82, 2.24) is 5.32 Å². The molecule has 1 aliphatic carbocycles. The molecule has 0 aromatic heterocycles. The number of ether oxygens (including phenoxy) is 2. The Morgan fingerprint density at radius 2 is 1.91 bits per heavy atom. The highest BCUT2D eigenvalue weighted by atomic mass is 16.5. The molecule has 1 saturated carbocycles. The minimum atomic E-state index is -0.969. The Kier molecular flexibility index (Phi) is 4.81. The van der Waals surface area contributed by atoms with E-state index in [0.29, 0.717) is 19.0 Å². The second-order valence-electron chi connectivity index (χ2n) is 6.09. The van der Waals surface area contributed by atoms with Gasteiger partial charge in [0.05, 0.1) is 18.2 Å². The summed E-state index contributed by atoms with van der Waals surface area (Å²) in [4.78, 5) is 23.0. The number of carbonyl (C=O) groups is 2. The first-order chi connectivity index (χ1) is 11.1. The number of carboxylic acids is 1. The molecule has 2 fully saturated rings. The van der Waals surface area contributed by atoms with Crippen LogP contribution >= 0.6 is 0 Å². The van der Waals surface area contributed by atoms with E-state index < -0.39 is 5.97 Å². The number of hydrogen-bond donors (Lipinski definition) is 2. The van der Waals surface area contributed by atoms with Crippen LogP contribution < -0.4 is 10.1 Å². The van der Waals surface area contributed by atoms with E-state index in [4.69, 9.17) is 14.6 Å². The summed E-state index contributed by atoms with van der Waals surface area (Å²) in [5.41, 5.74) is 0.215. The molecule has 1 saturated heterocycles. The molecule has 23 heavy (non-hydrogen) atoms. The van der Waals surface area contributed by atoms with Crippen molar-refractivity contribution >= 4 is 11.9 Å². The first-order valence-electron chi connectivity index (χ1n) is 8.01. The molecular formula is C17H21NO5. The van der Waals surface area contributed by atoms with Crippen molar-refractivity contribution in [3.05, 3.63) is 29.8 Å². The molecule has 2 N–H and O–H groups in total. The van der Waals surface area contributed by atoms with Gasteiger partial charge in [-0.3, -0.25) is 4.79 Å². The van der Waals surface area contributed by atoms with E-state index in [0.717, 1.165) is 25.7 Å². The second-order valence-corrected chi connectivity index (χ2v) is 6.09. The summed E-state index contributed by atoms with van der Waals surface area (Å²) in [6.07, 6.45) is 3.52. The molecule has 124 valence electrons. The van der Waals surface area contributed by atoms with Crippen LogP contribution in [0, 0.1) is 5.92 Å². The minimum Gasteiger partial charge on any atom is -0.486 e. The number of aromatic carboxylic acids is 1. The van der Waals surface area contributed by atoms with Crippen molar-refractivity contribution in [3.8, 4) is 5.75 Å². The Balaban J connectivity index is 1.61. The molecule has 1 aromatic rings. The highest BCUT2D eigenvalue weighted by Crippen LogP contribution is 2.27. The monoisotopic (exact) mass is 319 g/mol. The number of amides is 1. The molecule has 1 aromatic carbocycles. The summed E-state index contributed by atoms with van der Waals surface area (Å²) in [5, 5.41) is 12.0. The highest BCUT2D eigenvalue weighted by Gasteiger charge is 2.32. The molecule has 0 radical (unpaired) electrons. The summed E-state index contributed by atoms with van der Waals surface area (Å²) in [5.74, 6) is -0.136. The molecule has 0 spiro atoms. The predicted octanol–water partition coefficient (Wildman–Crippen LogP) is 1.84. The van der Waals surface area contributed by atoms with Crippen molar-refractivity contribution in [3.63, 3.8) is 0 Å². The van der Waals surface area contributed by atoms with Gasteiger partial charge in [-0.2, -0.15) is 0 Å². The lowest BCUT2D eigenvalue weighted by atomic mass is 9.84. The second kappa shape index (κ2) is 7.00. The van der Waals surface area contributed by atoms with E-state index in [1.54, 1.807) is 12.1 Å². The fraction of sp³-hybridized carbons (Fsp3) is 0.529. The third-order valence-electron chi connectivity index (χ3n) is 4.50. The van der Waals surface area contributed by atoms with Gasteiger partial charge in [-0.1, -0.05) is 6.42 Å². The maximum atomic E-state index is 12.1. The number of carbonyl (C=O) groups excluding carboxylic acids is 1. The molecule has 6 heteroatoms. The lowest BCUT2D eigenvalue weighted by Gasteiger charge is -2.34. The SMILES string of the molecule is O=C(O)c1ccc(OC2COCCC2NC(=O)C2CCC2)cc1. The van der Waals surface area contributed by atoms with Gasteiger partial charge >= 0.3 is 5.97 Å². The summed E-state index contributed by atoms with van der Waals surface area (Å²) in [6.45, 7) is 1.02. The molecule has 0 bridgehead atoms. The quantitative estimate of drug-likeness (QED) is 0.865. The Morgan fingerprint density at radius 3 is 2.52 bits per heavy atom. The van der Waals surface area contributed by atoms with Gasteiger partial charge in [0.15, 0.2) is 0 Å². The topological polar surface area (TPSA) is 84.9 Å². The van der Waals surface area contributed by atoms with Gasteiger partial charge in [0, 0.05) is 12.5 Å². The maximum Gasteiger partial charge on any atom is 0.335 e. The average molecular weight is 319 g/mol. The number of nitrogens with one attached hydrogen (secondary N) is 1. The number of hydrogen-bond acceptors (Lipinski definition) is 4. The first-order valence-corrected chi connectivity index (χ1v) is 8.01. The van der Waals surface area contributed by atoms with Crippen molar-refractivity contribution in [2.24, 2.45) is 5.92 Å². The van der Waals surface area contributed by atoms with Gasteiger partial charge in [0.2, 0.25) is 5.91 Å². The van der Waals surface area contributed by atoms with E-state index >= 15 is 0 Å². The lowest BCUT2D eigenvalue weighted by Crippen LogP contribution is -2.53. The summed E-state index contributed by atoms with van der Waals surface area (Å²) < 4.78 is 11.4. The molecule has 1 amide bonds. The minimum absolute atomic E-state index is 0.0731. The Morgan fingerprint density at radius 1 is 1.17 bits per heavy atom. The standard InChI is InChI=1S/C17H21NO5/c19-16(11-2-1-3-11)18-14-8-9-22-10-15(14)23-13-6-4-12(5-7-13)17(20)21/h4-7,11,14-15H,1-3,8-10H2,(H,18,19)(H,20,21). The summed E-state index contributed by atoms with van der Waals surface area (Å²) >= 11 is 0. The Bertz CT molecular complexity index is 567. The van der Waals surface area contributed by atoms with Crippen molar-refractivity contribution in [2.75, 3.05) is 13.2 Å². The van der Waals surface area contributed by atoms with E-state index in [-0.39, 0.29) is 29.5 Å². The van der Waals surface area contributed by atoms with Crippen molar-refractivity contribution < 1.29 is 24.2 Å². The Hall–Kier alpha value is -2.08. The molecule has 1 heterocycles. The van der Waals surface area contributed by atoms with Gasteiger partial charge < -0.3 is 19.9 Å². The van der Waals surface area contributed by atoms with Crippen LogP contribution in [0.15, 0.2) is 24.3 Å².